The number of hydrogen-bond donors (Lipinski definition) is 1. The highest BCUT2D eigenvalue weighted by atomic mass is 16.5. The van der Waals surface area contributed by atoms with Crippen LogP contribution in [0.4, 0.5) is 0 Å². The van der Waals surface area contributed by atoms with Gasteiger partial charge in [-0.15, -0.1) is 0 Å². The first kappa shape index (κ1) is 15.6. The van der Waals surface area contributed by atoms with Gasteiger partial charge in [-0.05, 0) is 43.0 Å². The monoisotopic (exact) mass is 283 g/mol. The summed E-state index contributed by atoms with van der Waals surface area (Å²) in [6.45, 7) is 3.25. The van der Waals surface area contributed by atoms with Crippen molar-refractivity contribution in [2.45, 2.75) is 32.2 Å². The summed E-state index contributed by atoms with van der Waals surface area (Å²) >= 11 is 0. The van der Waals surface area contributed by atoms with Crippen molar-refractivity contribution in [2.75, 3.05) is 13.7 Å². The van der Waals surface area contributed by atoms with Gasteiger partial charge in [0, 0.05) is 6.04 Å². The zero-order valence-electron chi connectivity index (χ0n) is 13.0. The van der Waals surface area contributed by atoms with E-state index in [4.69, 9.17) is 4.74 Å². The fourth-order valence-electron chi connectivity index (χ4n) is 2.60. The van der Waals surface area contributed by atoms with Gasteiger partial charge in [-0.3, -0.25) is 0 Å². The van der Waals surface area contributed by atoms with Crippen LogP contribution >= 0.6 is 0 Å². The van der Waals surface area contributed by atoms with E-state index in [1.54, 1.807) is 7.11 Å². The normalized spacial score (nSPS) is 12.1. The lowest BCUT2D eigenvalue weighted by atomic mass is 9.98. The Balaban J connectivity index is 2.05. The first-order valence-electron chi connectivity index (χ1n) is 7.75. The molecule has 0 aliphatic rings. The molecule has 1 unspecified atom stereocenters. The average molecular weight is 283 g/mol. The van der Waals surface area contributed by atoms with E-state index < -0.39 is 0 Å². The second-order valence-electron chi connectivity index (χ2n) is 5.27. The molecule has 0 aromatic heterocycles. The number of methoxy groups -OCH3 is 1. The van der Waals surface area contributed by atoms with Crippen LogP contribution in [0.25, 0.3) is 0 Å². The van der Waals surface area contributed by atoms with Gasteiger partial charge in [0.05, 0.1) is 7.11 Å². The van der Waals surface area contributed by atoms with Crippen LogP contribution < -0.4 is 10.1 Å². The van der Waals surface area contributed by atoms with Crippen molar-refractivity contribution in [3.8, 4) is 5.75 Å². The minimum Gasteiger partial charge on any atom is -0.496 e. The molecule has 2 aromatic rings. The summed E-state index contributed by atoms with van der Waals surface area (Å²) in [6.07, 6.45) is 3.24. The average Bonchev–Trinajstić information content (AvgIpc) is 2.56. The number of para-hydroxylation sites is 1. The van der Waals surface area contributed by atoms with Crippen LogP contribution in [0.5, 0.6) is 5.75 Å². The van der Waals surface area contributed by atoms with Crippen molar-refractivity contribution in [1.82, 2.24) is 5.32 Å². The molecule has 2 heteroatoms. The maximum absolute atomic E-state index is 5.44. The van der Waals surface area contributed by atoms with Crippen LogP contribution in [0, 0.1) is 0 Å². The van der Waals surface area contributed by atoms with Gasteiger partial charge < -0.3 is 10.1 Å². The summed E-state index contributed by atoms with van der Waals surface area (Å²) < 4.78 is 5.44. The molecule has 0 saturated heterocycles. The Labute approximate surface area is 128 Å². The van der Waals surface area contributed by atoms with Gasteiger partial charge in [-0.25, -0.2) is 0 Å². The number of ether oxygens (including phenoxy) is 1. The molecule has 1 atom stereocenters. The van der Waals surface area contributed by atoms with Gasteiger partial charge in [-0.1, -0.05) is 55.5 Å². The number of benzene rings is 2. The van der Waals surface area contributed by atoms with Crippen LogP contribution in [-0.2, 0) is 6.42 Å². The molecule has 112 valence electrons. The molecule has 0 saturated carbocycles. The predicted molar refractivity (Wildman–Crippen MR) is 88.8 cm³/mol. The largest absolute Gasteiger partial charge is 0.496 e. The lowest BCUT2D eigenvalue weighted by Gasteiger charge is -2.19. The molecule has 0 radical (unpaired) electrons. The minimum atomic E-state index is 0.399. The van der Waals surface area contributed by atoms with Crippen molar-refractivity contribution in [3.05, 3.63) is 65.7 Å². The highest BCUT2D eigenvalue weighted by Gasteiger charge is 2.11. The number of rotatable bonds is 8. The molecule has 0 amide bonds. The van der Waals surface area contributed by atoms with Crippen LogP contribution in [0.3, 0.4) is 0 Å². The predicted octanol–water partition coefficient (Wildman–Crippen LogP) is 4.37. The Hall–Kier alpha value is -1.80. The maximum atomic E-state index is 5.44. The fraction of sp³-hybridized carbons (Fsp3) is 0.368. The molecule has 0 aliphatic carbocycles. The Morgan fingerprint density at radius 2 is 1.71 bits per heavy atom. The van der Waals surface area contributed by atoms with E-state index in [0.29, 0.717) is 6.04 Å². The highest BCUT2D eigenvalue weighted by Crippen LogP contribution is 2.24. The van der Waals surface area contributed by atoms with E-state index in [9.17, 15) is 0 Å². The van der Waals surface area contributed by atoms with Crippen LogP contribution in [0.1, 0.15) is 36.9 Å². The van der Waals surface area contributed by atoms with Crippen LogP contribution in [0.15, 0.2) is 54.6 Å². The van der Waals surface area contributed by atoms with Crippen molar-refractivity contribution < 1.29 is 4.74 Å². The first-order chi connectivity index (χ1) is 10.3. The van der Waals surface area contributed by atoms with Crippen molar-refractivity contribution in [2.24, 2.45) is 0 Å². The molecule has 1 N–H and O–H groups in total. The van der Waals surface area contributed by atoms with Crippen LogP contribution in [0.2, 0.25) is 0 Å². The van der Waals surface area contributed by atoms with E-state index >= 15 is 0 Å². The zero-order chi connectivity index (χ0) is 14.9. The molecule has 0 bridgehead atoms. The Morgan fingerprint density at radius 1 is 1.00 bits per heavy atom. The third-order valence-electron chi connectivity index (χ3n) is 3.74. The molecule has 0 spiro atoms. The second kappa shape index (κ2) is 8.48. The Morgan fingerprint density at radius 3 is 2.43 bits per heavy atom. The summed E-state index contributed by atoms with van der Waals surface area (Å²) in [6, 6.07) is 19.4. The van der Waals surface area contributed by atoms with E-state index in [0.717, 1.165) is 31.6 Å². The quantitative estimate of drug-likeness (QED) is 0.777. The molecule has 2 aromatic carbocycles. The molecule has 0 fully saturated rings. The lowest BCUT2D eigenvalue weighted by molar-refractivity contribution is 0.406. The van der Waals surface area contributed by atoms with Crippen molar-refractivity contribution >= 4 is 0 Å². The third kappa shape index (κ3) is 4.61. The number of aryl methyl sites for hydroxylation is 1. The van der Waals surface area contributed by atoms with Gasteiger partial charge in [0.25, 0.3) is 0 Å². The summed E-state index contributed by atoms with van der Waals surface area (Å²) in [7, 11) is 1.74. The zero-order valence-corrected chi connectivity index (χ0v) is 13.0. The van der Waals surface area contributed by atoms with Gasteiger partial charge in [0.15, 0.2) is 0 Å². The van der Waals surface area contributed by atoms with Crippen molar-refractivity contribution in [1.29, 1.82) is 0 Å². The topological polar surface area (TPSA) is 21.3 Å². The number of hydrogen-bond acceptors (Lipinski definition) is 2. The Kier molecular flexibility index (Phi) is 6.29. The second-order valence-corrected chi connectivity index (χ2v) is 5.27. The van der Waals surface area contributed by atoms with E-state index in [1.165, 1.54) is 11.1 Å². The summed E-state index contributed by atoms with van der Waals surface area (Å²) in [4.78, 5) is 0. The molecular formula is C19H25NO. The third-order valence-corrected chi connectivity index (χ3v) is 3.74. The van der Waals surface area contributed by atoms with Crippen LogP contribution in [-0.4, -0.2) is 13.7 Å². The first-order valence-corrected chi connectivity index (χ1v) is 7.75. The van der Waals surface area contributed by atoms with Gasteiger partial charge in [-0.2, -0.15) is 0 Å². The fourth-order valence-corrected chi connectivity index (χ4v) is 2.60. The standard InChI is InChI=1S/C19H25NO/c1-3-15-20-18(16-9-5-4-6-10-16)14-13-17-11-7-8-12-19(17)21-2/h4-12,18,20H,3,13-15H2,1-2H3. The summed E-state index contributed by atoms with van der Waals surface area (Å²) in [5.74, 6) is 0.986. The van der Waals surface area contributed by atoms with E-state index in [1.807, 2.05) is 12.1 Å². The molecule has 21 heavy (non-hydrogen) atoms. The number of nitrogens with one attached hydrogen (secondary N) is 1. The van der Waals surface area contributed by atoms with Gasteiger partial charge in [0.1, 0.15) is 5.75 Å². The maximum Gasteiger partial charge on any atom is 0.122 e. The molecule has 0 heterocycles. The Bertz CT molecular complexity index is 524. The van der Waals surface area contributed by atoms with E-state index in [-0.39, 0.29) is 0 Å². The summed E-state index contributed by atoms with van der Waals surface area (Å²) in [5, 5.41) is 3.65. The minimum absolute atomic E-state index is 0.399. The van der Waals surface area contributed by atoms with Gasteiger partial charge in [0.2, 0.25) is 0 Å². The van der Waals surface area contributed by atoms with E-state index in [2.05, 4.69) is 54.7 Å². The smallest absolute Gasteiger partial charge is 0.122 e. The molecule has 0 aliphatic heterocycles. The summed E-state index contributed by atoms with van der Waals surface area (Å²) in [5.41, 5.74) is 2.64. The molecule has 2 rings (SSSR count). The molecular weight excluding hydrogens is 258 g/mol. The lowest BCUT2D eigenvalue weighted by Crippen LogP contribution is -2.22. The van der Waals surface area contributed by atoms with Gasteiger partial charge >= 0.3 is 0 Å². The van der Waals surface area contributed by atoms with Crippen molar-refractivity contribution in [3.63, 3.8) is 0 Å². The molecule has 2 nitrogen and oxygen atoms in total. The highest BCUT2D eigenvalue weighted by molar-refractivity contribution is 5.33. The SMILES string of the molecule is CCCNC(CCc1ccccc1OC)c1ccccc1.